The molecule has 0 saturated carbocycles. The number of hydrogen-bond acceptors (Lipinski definition) is 8. The van der Waals surface area contributed by atoms with Gasteiger partial charge < -0.3 is 4.74 Å². The number of fused-ring (bicyclic) bond motifs is 1. The van der Waals surface area contributed by atoms with Gasteiger partial charge in [-0.3, -0.25) is 24.8 Å². The van der Waals surface area contributed by atoms with E-state index in [0.29, 0.717) is 18.2 Å². The van der Waals surface area contributed by atoms with Gasteiger partial charge in [0.15, 0.2) is 5.13 Å². The average Bonchev–Trinajstić information content (AvgIpc) is 3.15. The highest BCUT2D eigenvalue weighted by atomic mass is 32.1. The van der Waals surface area contributed by atoms with Crippen molar-refractivity contribution in [1.29, 1.82) is 0 Å². The topological polar surface area (TPSA) is 97.3 Å². The number of thiazole rings is 1. The lowest BCUT2D eigenvalue weighted by atomic mass is 10.2. The molecule has 8 nitrogen and oxygen atoms in total. The third-order valence-electron chi connectivity index (χ3n) is 4.42. The molecule has 1 amide bonds. The maximum Gasteiger partial charge on any atom is 0.320 e. The Balaban J connectivity index is 1.30. The smallest absolute Gasteiger partial charge is 0.320 e. The lowest BCUT2D eigenvalue weighted by molar-refractivity contribution is -0.146. The molecule has 0 fully saturated rings. The number of nitrogens with zero attached hydrogens (tertiary/aromatic N) is 4. The second-order valence-electron chi connectivity index (χ2n) is 6.54. The van der Waals surface area contributed by atoms with Crippen molar-refractivity contribution in [3.05, 3.63) is 70.8 Å². The van der Waals surface area contributed by atoms with Crippen molar-refractivity contribution in [2.24, 2.45) is 0 Å². The number of ether oxygens (including phenoxy) is 1. The van der Waals surface area contributed by atoms with E-state index in [2.05, 4.69) is 20.3 Å². The van der Waals surface area contributed by atoms with Gasteiger partial charge in [0.1, 0.15) is 12.3 Å². The van der Waals surface area contributed by atoms with Crippen molar-refractivity contribution in [2.45, 2.75) is 19.6 Å². The third-order valence-corrected chi connectivity index (χ3v) is 5.42. The summed E-state index contributed by atoms with van der Waals surface area (Å²) in [5.41, 5.74) is 2.16. The van der Waals surface area contributed by atoms with Crippen LogP contribution in [0, 0.1) is 0 Å². The van der Waals surface area contributed by atoms with Crippen LogP contribution < -0.4 is 5.32 Å². The van der Waals surface area contributed by atoms with Crippen molar-refractivity contribution in [3.63, 3.8) is 0 Å². The number of amides is 1. The SMILES string of the molecule is O=C(CN1CCc2nc(NC(=O)c3cnccn3)sc2C1)OCc1ccccc1. The van der Waals surface area contributed by atoms with Gasteiger partial charge in [0.2, 0.25) is 0 Å². The van der Waals surface area contributed by atoms with E-state index >= 15 is 0 Å². The minimum Gasteiger partial charge on any atom is -0.460 e. The van der Waals surface area contributed by atoms with Gasteiger partial charge in [-0.05, 0) is 5.56 Å². The summed E-state index contributed by atoms with van der Waals surface area (Å²) < 4.78 is 5.36. The van der Waals surface area contributed by atoms with Crippen molar-refractivity contribution in [3.8, 4) is 0 Å². The van der Waals surface area contributed by atoms with E-state index in [9.17, 15) is 9.59 Å². The molecule has 1 aromatic carbocycles. The van der Waals surface area contributed by atoms with Crippen LogP contribution in [0.1, 0.15) is 26.6 Å². The van der Waals surface area contributed by atoms with Crippen molar-refractivity contribution in [2.75, 3.05) is 18.4 Å². The molecule has 0 radical (unpaired) electrons. The molecule has 1 aliphatic rings. The summed E-state index contributed by atoms with van der Waals surface area (Å²) in [5.74, 6) is -0.594. The second kappa shape index (κ2) is 8.89. The Morgan fingerprint density at radius 3 is 2.86 bits per heavy atom. The highest BCUT2D eigenvalue weighted by molar-refractivity contribution is 7.15. The molecule has 9 heteroatoms. The standard InChI is InChI=1S/C20H19N5O3S/c26-18(28-13-14-4-2-1-3-5-14)12-25-9-6-15-17(11-25)29-20(23-15)24-19(27)16-10-21-7-8-22-16/h1-5,7-8,10H,6,9,11-13H2,(H,23,24,27). The Morgan fingerprint density at radius 1 is 1.21 bits per heavy atom. The molecule has 29 heavy (non-hydrogen) atoms. The Bertz CT molecular complexity index is 994. The summed E-state index contributed by atoms with van der Waals surface area (Å²) in [5, 5.41) is 3.29. The molecule has 4 rings (SSSR count). The summed E-state index contributed by atoms with van der Waals surface area (Å²) in [6.45, 7) is 1.83. The van der Waals surface area contributed by atoms with E-state index in [1.165, 1.54) is 29.9 Å². The Hall–Kier alpha value is -3.17. The van der Waals surface area contributed by atoms with Crippen molar-refractivity contribution < 1.29 is 14.3 Å². The molecule has 1 N–H and O–H groups in total. The summed E-state index contributed by atoms with van der Waals surface area (Å²) >= 11 is 1.41. The molecule has 0 spiro atoms. The number of hydrogen-bond donors (Lipinski definition) is 1. The van der Waals surface area contributed by atoms with Gasteiger partial charge in [-0.25, -0.2) is 9.97 Å². The first-order valence-electron chi connectivity index (χ1n) is 9.15. The maximum atomic E-state index is 12.2. The van der Waals surface area contributed by atoms with Gasteiger partial charge in [-0.2, -0.15) is 0 Å². The Labute approximate surface area is 171 Å². The summed E-state index contributed by atoms with van der Waals surface area (Å²) in [6.07, 6.45) is 5.11. The molecule has 0 atom stereocenters. The number of aromatic nitrogens is 3. The van der Waals surface area contributed by atoms with Gasteiger partial charge in [0, 0.05) is 36.8 Å². The van der Waals surface area contributed by atoms with Crippen molar-refractivity contribution in [1.82, 2.24) is 19.9 Å². The minimum atomic E-state index is -0.342. The highest BCUT2D eigenvalue weighted by Gasteiger charge is 2.23. The average molecular weight is 409 g/mol. The summed E-state index contributed by atoms with van der Waals surface area (Å²) in [6, 6.07) is 9.61. The third kappa shape index (κ3) is 5.01. The first-order chi connectivity index (χ1) is 14.2. The number of benzene rings is 1. The highest BCUT2D eigenvalue weighted by Crippen LogP contribution is 2.28. The maximum absolute atomic E-state index is 12.2. The fourth-order valence-corrected chi connectivity index (χ4v) is 4.03. The monoisotopic (exact) mass is 409 g/mol. The van der Waals surface area contributed by atoms with Gasteiger partial charge >= 0.3 is 5.97 Å². The van der Waals surface area contributed by atoms with E-state index in [0.717, 1.165) is 22.6 Å². The van der Waals surface area contributed by atoms with Crippen LogP contribution in [-0.4, -0.2) is 44.8 Å². The minimum absolute atomic E-state index is 0.228. The fraction of sp³-hybridized carbons (Fsp3) is 0.250. The molecule has 2 aromatic heterocycles. The quantitative estimate of drug-likeness (QED) is 0.624. The summed E-state index contributed by atoms with van der Waals surface area (Å²) in [7, 11) is 0. The molecular weight excluding hydrogens is 390 g/mol. The normalized spacial score (nSPS) is 13.5. The van der Waals surface area contributed by atoms with E-state index in [1.807, 2.05) is 35.2 Å². The zero-order valence-corrected chi connectivity index (χ0v) is 16.4. The van der Waals surface area contributed by atoms with Gasteiger partial charge in [-0.15, -0.1) is 11.3 Å². The fourth-order valence-electron chi connectivity index (χ4n) is 2.98. The van der Waals surface area contributed by atoms with E-state index in [4.69, 9.17) is 4.74 Å². The predicted molar refractivity (Wildman–Crippen MR) is 107 cm³/mol. The largest absolute Gasteiger partial charge is 0.460 e. The van der Waals surface area contributed by atoms with Crippen LogP contribution in [0.3, 0.4) is 0 Å². The molecule has 1 aliphatic heterocycles. The molecule has 3 heterocycles. The van der Waals surface area contributed by atoms with Gasteiger partial charge in [-0.1, -0.05) is 30.3 Å². The number of carbonyl (C=O) groups excluding carboxylic acids is 2. The van der Waals surface area contributed by atoms with E-state index < -0.39 is 0 Å². The van der Waals surface area contributed by atoms with Crippen LogP contribution in [0.15, 0.2) is 48.9 Å². The summed E-state index contributed by atoms with van der Waals surface area (Å²) in [4.78, 5) is 39.8. The van der Waals surface area contributed by atoms with Crippen LogP contribution in [0.2, 0.25) is 0 Å². The van der Waals surface area contributed by atoms with Gasteiger partial charge in [0.25, 0.3) is 5.91 Å². The van der Waals surface area contributed by atoms with E-state index in [-0.39, 0.29) is 30.7 Å². The van der Waals surface area contributed by atoms with Crippen LogP contribution >= 0.6 is 11.3 Å². The Kier molecular flexibility index (Phi) is 5.87. The molecular formula is C20H19N5O3S. The second-order valence-corrected chi connectivity index (χ2v) is 7.62. The predicted octanol–water partition coefficient (Wildman–Crippen LogP) is 2.29. The lowest BCUT2D eigenvalue weighted by Gasteiger charge is -2.24. The van der Waals surface area contributed by atoms with Crippen molar-refractivity contribution >= 4 is 28.3 Å². The number of anilines is 1. The van der Waals surface area contributed by atoms with Crippen LogP contribution in [0.25, 0.3) is 0 Å². The zero-order valence-electron chi connectivity index (χ0n) is 15.6. The van der Waals surface area contributed by atoms with Crippen LogP contribution in [0.5, 0.6) is 0 Å². The number of esters is 1. The molecule has 3 aromatic rings. The van der Waals surface area contributed by atoms with E-state index in [1.54, 1.807) is 0 Å². The van der Waals surface area contributed by atoms with Crippen LogP contribution in [-0.2, 0) is 29.1 Å². The molecule has 0 bridgehead atoms. The number of rotatable bonds is 6. The first-order valence-corrected chi connectivity index (χ1v) is 9.97. The number of nitrogens with one attached hydrogen (secondary N) is 1. The zero-order chi connectivity index (χ0) is 20.1. The van der Waals surface area contributed by atoms with Gasteiger partial charge in [0.05, 0.1) is 18.4 Å². The first kappa shape index (κ1) is 19.2. The lowest BCUT2D eigenvalue weighted by Crippen LogP contribution is -2.35. The molecule has 0 unspecified atom stereocenters. The molecule has 0 saturated heterocycles. The number of carbonyl (C=O) groups is 2. The van der Waals surface area contributed by atoms with Crippen LogP contribution in [0.4, 0.5) is 5.13 Å². The molecule has 148 valence electrons. The Morgan fingerprint density at radius 2 is 2.07 bits per heavy atom. The molecule has 0 aliphatic carbocycles.